The van der Waals surface area contributed by atoms with Crippen LogP contribution in [0.25, 0.3) is 0 Å². The van der Waals surface area contributed by atoms with Gasteiger partial charge in [0, 0.05) is 11.7 Å². The molecule has 2 fully saturated rings. The van der Waals surface area contributed by atoms with Crippen molar-refractivity contribution in [2.24, 2.45) is 0 Å². The van der Waals surface area contributed by atoms with Gasteiger partial charge in [0.05, 0.1) is 12.5 Å². The molecule has 6 heteroatoms. The van der Waals surface area contributed by atoms with Crippen molar-refractivity contribution in [3.8, 4) is 0 Å². The van der Waals surface area contributed by atoms with Crippen LogP contribution in [0.2, 0.25) is 0 Å². The number of furan rings is 1. The molecule has 1 saturated heterocycles. The van der Waals surface area contributed by atoms with E-state index in [1.165, 1.54) is 19.3 Å². The summed E-state index contributed by atoms with van der Waals surface area (Å²) in [5.74, 6) is 0.933. The molecular formula is C23H29N3O3. The van der Waals surface area contributed by atoms with Gasteiger partial charge in [-0.05, 0) is 75.5 Å². The van der Waals surface area contributed by atoms with Gasteiger partial charge in [0.2, 0.25) is 5.91 Å². The monoisotopic (exact) mass is 395 g/mol. The number of carbonyl (C=O) groups is 2. The number of likely N-dealkylation sites (tertiary alicyclic amines) is 1. The summed E-state index contributed by atoms with van der Waals surface area (Å²) in [6.45, 7) is 4.28. The van der Waals surface area contributed by atoms with E-state index >= 15 is 0 Å². The van der Waals surface area contributed by atoms with Gasteiger partial charge in [-0.3, -0.25) is 14.5 Å². The molecule has 1 saturated carbocycles. The van der Waals surface area contributed by atoms with E-state index in [9.17, 15) is 9.59 Å². The number of nitrogens with one attached hydrogen (secondary N) is 2. The Kier molecular flexibility index (Phi) is 6.00. The minimum atomic E-state index is -0.263. The van der Waals surface area contributed by atoms with Crippen molar-refractivity contribution in [1.82, 2.24) is 10.2 Å². The lowest BCUT2D eigenvalue weighted by Gasteiger charge is -2.31. The summed E-state index contributed by atoms with van der Waals surface area (Å²) in [7, 11) is 0. The molecule has 2 amide bonds. The molecule has 2 aliphatic rings. The van der Waals surface area contributed by atoms with Crippen molar-refractivity contribution in [3.05, 3.63) is 53.5 Å². The maximum Gasteiger partial charge on any atom is 0.291 e. The fourth-order valence-corrected chi connectivity index (χ4v) is 3.78. The molecule has 154 valence electrons. The molecule has 1 unspecified atom stereocenters. The molecule has 2 N–H and O–H groups in total. The van der Waals surface area contributed by atoms with Gasteiger partial charge >= 0.3 is 0 Å². The highest BCUT2D eigenvalue weighted by Gasteiger charge is 2.23. The average Bonchev–Trinajstić information content (AvgIpc) is 3.40. The van der Waals surface area contributed by atoms with Crippen molar-refractivity contribution >= 4 is 17.5 Å². The van der Waals surface area contributed by atoms with Gasteiger partial charge in [0.1, 0.15) is 5.76 Å². The van der Waals surface area contributed by atoms with Crippen molar-refractivity contribution in [2.75, 3.05) is 18.4 Å². The number of piperidine rings is 1. The summed E-state index contributed by atoms with van der Waals surface area (Å²) >= 11 is 0. The van der Waals surface area contributed by atoms with Crippen LogP contribution in [0.4, 0.5) is 5.69 Å². The van der Waals surface area contributed by atoms with Gasteiger partial charge in [-0.15, -0.1) is 0 Å². The molecule has 1 atom stereocenters. The first-order valence-corrected chi connectivity index (χ1v) is 10.6. The number of anilines is 1. The highest BCUT2D eigenvalue weighted by Crippen LogP contribution is 2.26. The van der Waals surface area contributed by atoms with Gasteiger partial charge in [-0.2, -0.15) is 0 Å². The molecule has 1 aliphatic heterocycles. The Morgan fingerprint density at radius 2 is 1.79 bits per heavy atom. The summed E-state index contributed by atoms with van der Waals surface area (Å²) in [5.41, 5.74) is 1.61. The van der Waals surface area contributed by atoms with Crippen LogP contribution in [0.15, 0.2) is 40.8 Å². The molecule has 0 spiro atoms. The summed E-state index contributed by atoms with van der Waals surface area (Å²) in [6, 6.07) is 11.6. The number of carbonyl (C=O) groups excluding carboxylic acids is 2. The minimum absolute atomic E-state index is 0.0511. The van der Waals surface area contributed by atoms with E-state index in [2.05, 4.69) is 22.5 Å². The molecule has 29 heavy (non-hydrogen) atoms. The lowest BCUT2D eigenvalue weighted by atomic mass is 10.1. The van der Waals surface area contributed by atoms with Crippen LogP contribution in [0, 0.1) is 0 Å². The normalized spacial score (nSPS) is 18.2. The van der Waals surface area contributed by atoms with E-state index in [0.717, 1.165) is 37.3 Å². The van der Waals surface area contributed by atoms with Crippen LogP contribution in [0.5, 0.6) is 0 Å². The van der Waals surface area contributed by atoms with Crippen LogP contribution in [-0.4, -0.2) is 35.8 Å². The lowest BCUT2D eigenvalue weighted by molar-refractivity contribution is -0.120. The van der Waals surface area contributed by atoms with E-state index in [1.54, 1.807) is 6.07 Å². The number of benzene rings is 1. The predicted molar refractivity (Wildman–Crippen MR) is 112 cm³/mol. The third-order valence-corrected chi connectivity index (χ3v) is 5.72. The minimum Gasteiger partial charge on any atom is -0.454 e. The molecule has 4 rings (SSSR count). The smallest absolute Gasteiger partial charge is 0.291 e. The second-order valence-electron chi connectivity index (χ2n) is 8.14. The standard InChI is InChI=1S/C23H29N3O3/c1-16(26-13-3-2-4-14-26)20-11-12-21(29-20)23(28)25-19-7-5-17(6-8-19)15-22(27)24-18-9-10-18/h5-8,11-12,16,18H,2-4,9-10,13-15H2,1H3,(H,24,27)(H,25,28). The Bertz CT molecular complexity index is 849. The summed E-state index contributed by atoms with van der Waals surface area (Å²) in [4.78, 5) is 26.8. The van der Waals surface area contributed by atoms with Gasteiger partial charge in [-0.25, -0.2) is 0 Å². The van der Waals surface area contributed by atoms with Crippen molar-refractivity contribution in [1.29, 1.82) is 0 Å². The molecule has 6 nitrogen and oxygen atoms in total. The second kappa shape index (κ2) is 8.82. The van der Waals surface area contributed by atoms with Gasteiger partial charge in [0.15, 0.2) is 5.76 Å². The third kappa shape index (κ3) is 5.26. The molecule has 2 aromatic rings. The number of rotatable bonds is 7. The first-order valence-electron chi connectivity index (χ1n) is 10.6. The van der Waals surface area contributed by atoms with Crippen LogP contribution >= 0.6 is 0 Å². The van der Waals surface area contributed by atoms with E-state index in [4.69, 9.17) is 4.42 Å². The quantitative estimate of drug-likeness (QED) is 0.746. The summed E-state index contributed by atoms with van der Waals surface area (Å²) in [5, 5.41) is 5.85. The van der Waals surface area contributed by atoms with E-state index < -0.39 is 0 Å². The molecule has 0 radical (unpaired) electrons. The molecule has 2 heterocycles. The molecular weight excluding hydrogens is 366 g/mol. The number of nitrogens with zero attached hydrogens (tertiary/aromatic N) is 1. The Balaban J connectivity index is 1.31. The fraction of sp³-hybridized carbons (Fsp3) is 0.478. The van der Waals surface area contributed by atoms with Crippen LogP contribution in [0.1, 0.15) is 66.9 Å². The number of hydrogen-bond donors (Lipinski definition) is 2. The molecule has 1 aromatic carbocycles. The van der Waals surface area contributed by atoms with Crippen LogP contribution < -0.4 is 10.6 Å². The number of hydrogen-bond acceptors (Lipinski definition) is 4. The number of amides is 2. The molecule has 1 aliphatic carbocycles. The van der Waals surface area contributed by atoms with Gasteiger partial charge < -0.3 is 15.1 Å². The zero-order chi connectivity index (χ0) is 20.2. The molecule has 0 bridgehead atoms. The first-order chi connectivity index (χ1) is 14.1. The Labute approximate surface area is 171 Å². The van der Waals surface area contributed by atoms with Crippen molar-refractivity contribution < 1.29 is 14.0 Å². The Morgan fingerprint density at radius 3 is 2.48 bits per heavy atom. The highest BCUT2D eigenvalue weighted by molar-refractivity contribution is 6.02. The summed E-state index contributed by atoms with van der Waals surface area (Å²) < 4.78 is 5.85. The zero-order valence-corrected chi connectivity index (χ0v) is 16.9. The van der Waals surface area contributed by atoms with E-state index in [1.807, 2.05) is 30.3 Å². The fourth-order valence-electron chi connectivity index (χ4n) is 3.78. The predicted octanol–water partition coefficient (Wildman–Crippen LogP) is 3.90. The Hall–Kier alpha value is -2.60. The molecule has 1 aromatic heterocycles. The topological polar surface area (TPSA) is 74.6 Å². The average molecular weight is 396 g/mol. The lowest BCUT2D eigenvalue weighted by Crippen LogP contribution is -2.32. The zero-order valence-electron chi connectivity index (χ0n) is 16.9. The van der Waals surface area contributed by atoms with Crippen LogP contribution in [-0.2, 0) is 11.2 Å². The Morgan fingerprint density at radius 1 is 1.07 bits per heavy atom. The SMILES string of the molecule is CC(c1ccc(C(=O)Nc2ccc(CC(=O)NC3CC3)cc2)o1)N1CCCCC1. The highest BCUT2D eigenvalue weighted by atomic mass is 16.4. The maximum absolute atomic E-state index is 12.5. The van der Waals surface area contributed by atoms with E-state index in [-0.39, 0.29) is 17.9 Å². The van der Waals surface area contributed by atoms with Gasteiger partial charge in [0.25, 0.3) is 5.91 Å². The second-order valence-corrected chi connectivity index (χ2v) is 8.14. The van der Waals surface area contributed by atoms with Crippen LogP contribution in [0.3, 0.4) is 0 Å². The third-order valence-electron chi connectivity index (χ3n) is 5.72. The summed E-state index contributed by atoms with van der Waals surface area (Å²) in [6.07, 6.45) is 6.26. The largest absolute Gasteiger partial charge is 0.454 e. The van der Waals surface area contributed by atoms with Crippen molar-refractivity contribution in [3.63, 3.8) is 0 Å². The van der Waals surface area contributed by atoms with Gasteiger partial charge in [-0.1, -0.05) is 18.6 Å². The maximum atomic E-state index is 12.5. The van der Waals surface area contributed by atoms with E-state index in [0.29, 0.717) is 23.9 Å². The van der Waals surface area contributed by atoms with Crippen molar-refractivity contribution in [2.45, 2.75) is 57.5 Å². The first kappa shape index (κ1) is 19.7.